The molecule has 3 aromatic rings. The summed E-state index contributed by atoms with van der Waals surface area (Å²) >= 11 is 5.77. The van der Waals surface area contributed by atoms with Gasteiger partial charge in [-0.1, -0.05) is 23.7 Å². The summed E-state index contributed by atoms with van der Waals surface area (Å²) in [5.74, 6) is -1.17. The predicted octanol–water partition coefficient (Wildman–Crippen LogP) is 3.08. The van der Waals surface area contributed by atoms with Crippen molar-refractivity contribution in [3.05, 3.63) is 65.4 Å². The van der Waals surface area contributed by atoms with E-state index >= 15 is 0 Å². The number of para-hydroxylation sites is 2. The van der Waals surface area contributed by atoms with Crippen LogP contribution in [-0.2, 0) is 9.53 Å². The second-order valence-corrected chi connectivity index (χ2v) is 5.31. The summed E-state index contributed by atoms with van der Waals surface area (Å²) in [6.45, 7) is -0.421. The molecule has 1 aromatic heterocycles. The van der Waals surface area contributed by atoms with Crippen molar-refractivity contribution in [2.45, 2.75) is 0 Å². The Kier molecular flexibility index (Phi) is 4.67. The van der Waals surface area contributed by atoms with E-state index in [0.29, 0.717) is 21.7 Å². The average Bonchev–Trinajstić information content (AvgIpc) is 2.61. The number of rotatable bonds is 4. The number of benzene rings is 2. The number of aromatic nitrogens is 2. The minimum absolute atomic E-state index is 0.0491. The third kappa shape index (κ3) is 3.85. The van der Waals surface area contributed by atoms with E-state index in [-0.39, 0.29) is 5.69 Å². The smallest absolute Gasteiger partial charge is 0.359 e. The van der Waals surface area contributed by atoms with Crippen LogP contribution in [0.4, 0.5) is 5.69 Å². The fourth-order valence-electron chi connectivity index (χ4n) is 1.99. The fraction of sp³-hybridized carbons (Fsp3) is 0.0588. The molecule has 7 heteroatoms. The van der Waals surface area contributed by atoms with Gasteiger partial charge in [0, 0.05) is 10.7 Å². The van der Waals surface area contributed by atoms with Crippen LogP contribution in [0.1, 0.15) is 10.5 Å². The normalized spacial score (nSPS) is 10.4. The Balaban J connectivity index is 1.59. The summed E-state index contributed by atoms with van der Waals surface area (Å²) in [6.07, 6.45) is 1.32. The lowest BCUT2D eigenvalue weighted by atomic mass is 10.3. The van der Waals surface area contributed by atoms with Crippen molar-refractivity contribution in [1.82, 2.24) is 9.97 Å². The van der Waals surface area contributed by atoms with Crippen molar-refractivity contribution < 1.29 is 14.3 Å². The Hall–Kier alpha value is -2.99. The molecule has 0 aliphatic heterocycles. The molecule has 120 valence electrons. The third-order valence-corrected chi connectivity index (χ3v) is 3.37. The fourth-order valence-corrected chi connectivity index (χ4v) is 2.12. The van der Waals surface area contributed by atoms with Gasteiger partial charge in [0.15, 0.2) is 12.3 Å². The van der Waals surface area contributed by atoms with Crippen LogP contribution >= 0.6 is 11.6 Å². The van der Waals surface area contributed by atoms with E-state index in [1.54, 1.807) is 42.5 Å². The van der Waals surface area contributed by atoms with Crippen LogP contribution in [-0.4, -0.2) is 28.5 Å². The van der Waals surface area contributed by atoms with E-state index in [9.17, 15) is 9.59 Å². The van der Waals surface area contributed by atoms with Crippen molar-refractivity contribution in [2.24, 2.45) is 0 Å². The van der Waals surface area contributed by atoms with Crippen molar-refractivity contribution >= 4 is 40.2 Å². The molecule has 0 bridgehead atoms. The maximum Gasteiger partial charge on any atom is 0.359 e. The monoisotopic (exact) mass is 341 g/mol. The number of halogens is 1. The van der Waals surface area contributed by atoms with Gasteiger partial charge in [0.1, 0.15) is 0 Å². The molecule has 0 fully saturated rings. The maximum absolute atomic E-state index is 12.0. The first-order valence-electron chi connectivity index (χ1n) is 7.06. The molecule has 6 nitrogen and oxygen atoms in total. The summed E-state index contributed by atoms with van der Waals surface area (Å²) in [5, 5.41) is 3.16. The first kappa shape index (κ1) is 15.9. The lowest BCUT2D eigenvalue weighted by molar-refractivity contribution is -0.119. The van der Waals surface area contributed by atoms with Crippen LogP contribution < -0.4 is 5.32 Å². The van der Waals surface area contributed by atoms with E-state index in [4.69, 9.17) is 16.3 Å². The van der Waals surface area contributed by atoms with Crippen molar-refractivity contribution in [3.63, 3.8) is 0 Å². The summed E-state index contributed by atoms with van der Waals surface area (Å²) in [4.78, 5) is 32.0. The first-order valence-corrected chi connectivity index (χ1v) is 7.44. The summed E-state index contributed by atoms with van der Waals surface area (Å²) < 4.78 is 4.96. The topological polar surface area (TPSA) is 81.2 Å². The van der Waals surface area contributed by atoms with Crippen LogP contribution in [0, 0.1) is 0 Å². The quantitative estimate of drug-likeness (QED) is 0.737. The molecule has 0 saturated carbocycles. The van der Waals surface area contributed by atoms with Crippen LogP contribution in [0.2, 0.25) is 5.02 Å². The van der Waals surface area contributed by atoms with Gasteiger partial charge in [-0.05, 0) is 36.4 Å². The van der Waals surface area contributed by atoms with E-state index in [2.05, 4.69) is 15.3 Å². The zero-order valence-electron chi connectivity index (χ0n) is 12.4. The Labute approximate surface area is 142 Å². The zero-order valence-corrected chi connectivity index (χ0v) is 13.2. The molecular weight excluding hydrogens is 330 g/mol. The Morgan fingerprint density at radius 1 is 1.04 bits per heavy atom. The number of ether oxygens (including phenoxy) is 1. The molecule has 0 aliphatic rings. The molecule has 24 heavy (non-hydrogen) atoms. The highest BCUT2D eigenvalue weighted by Gasteiger charge is 2.13. The van der Waals surface area contributed by atoms with Crippen molar-refractivity contribution in [3.8, 4) is 0 Å². The average molecular weight is 342 g/mol. The van der Waals surface area contributed by atoms with Gasteiger partial charge in [0.25, 0.3) is 5.91 Å². The highest BCUT2D eigenvalue weighted by molar-refractivity contribution is 6.30. The molecule has 1 heterocycles. The number of amides is 1. The largest absolute Gasteiger partial charge is 0.451 e. The number of nitrogens with one attached hydrogen (secondary N) is 1. The zero-order chi connectivity index (χ0) is 16.9. The number of hydrogen-bond acceptors (Lipinski definition) is 5. The molecule has 3 rings (SSSR count). The molecule has 2 aromatic carbocycles. The Morgan fingerprint density at radius 2 is 1.75 bits per heavy atom. The van der Waals surface area contributed by atoms with Crippen molar-refractivity contribution in [1.29, 1.82) is 0 Å². The molecule has 0 aliphatic carbocycles. The predicted molar refractivity (Wildman–Crippen MR) is 89.9 cm³/mol. The molecule has 0 saturated heterocycles. The van der Waals surface area contributed by atoms with E-state index < -0.39 is 18.5 Å². The van der Waals surface area contributed by atoms with Gasteiger partial charge in [0.05, 0.1) is 17.2 Å². The number of esters is 1. The lowest BCUT2D eigenvalue weighted by Crippen LogP contribution is -2.21. The molecule has 0 atom stereocenters. The molecular formula is C17H12ClN3O3. The number of carbonyl (C=O) groups excluding carboxylic acids is 2. The summed E-state index contributed by atoms with van der Waals surface area (Å²) in [7, 11) is 0. The molecule has 0 unspecified atom stereocenters. The van der Waals surface area contributed by atoms with E-state index in [1.807, 2.05) is 6.07 Å². The van der Waals surface area contributed by atoms with E-state index in [0.717, 1.165) is 0 Å². The standard InChI is InChI=1S/C17H12ClN3O3/c18-11-5-7-12(8-6-11)20-16(22)10-24-17(23)15-9-19-13-3-1-2-4-14(13)21-15/h1-9H,10H2,(H,20,22). The second-order valence-electron chi connectivity index (χ2n) is 4.88. The molecule has 0 radical (unpaired) electrons. The second kappa shape index (κ2) is 7.06. The maximum atomic E-state index is 12.0. The van der Waals surface area contributed by atoms with Crippen LogP contribution in [0.15, 0.2) is 54.7 Å². The van der Waals surface area contributed by atoms with Crippen LogP contribution in [0.25, 0.3) is 11.0 Å². The minimum atomic E-state index is -0.709. The van der Waals surface area contributed by atoms with Crippen LogP contribution in [0.5, 0.6) is 0 Å². The summed E-state index contributed by atoms with van der Waals surface area (Å²) in [6, 6.07) is 13.8. The molecule has 1 amide bonds. The molecule has 0 spiro atoms. The van der Waals surface area contributed by atoms with Gasteiger partial charge < -0.3 is 10.1 Å². The third-order valence-electron chi connectivity index (χ3n) is 3.12. The minimum Gasteiger partial charge on any atom is -0.451 e. The van der Waals surface area contributed by atoms with Gasteiger partial charge in [0.2, 0.25) is 0 Å². The number of fused-ring (bicyclic) bond motifs is 1. The van der Waals surface area contributed by atoms with Gasteiger partial charge in [-0.2, -0.15) is 0 Å². The number of anilines is 1. The SMILES string of the molecule is O=C(COC(=O)c1cnc2ccccc2n1)Nc1ccc(Cl)cc1. The Bertz CT molecular complexity index is 897. The lowest BCUT2D eigenvalue weighted by Gasteiger charge is -2.06. The van der Waals surface area contributed by atoms with E-state index in [1.165, 1.54) is 6.20 Å². The van der Waals surface area contributed by atoms with Gasteiger partial charge in [-0.15, -0.1) is 0 Å². The highest BCUT2D eigenvalue weighted by Crippen LogP contribution is 2.13. The Morgan fingerprint density at radius 3 is 2.50 bits per heavy atom. The highest BCUT2D eigenvalue weighted by atomic mass is 35.5. The van der Waals surface area contributed by atoms with Gasteiger partial charge >= 0.3 is 5.97 Å². The molecule has 1 N–H and O–H groups in total. The number of carbonyl (C=O) groups is 2. The summed E-state index contributed by atoms with van der Waals surface area (Å²) in [5.41, 5.74) is 1.87. The first-order chi connectivity index (χ1) is 11.6. The van der Waals surface area contributed by atoms with Crippen LogP contribution in [0.3, 0.4) is 0 Å². The number of nitrogens with zero attached hydrogens (tertiary/aromatic N) is 2. The van der Waals surface area contributed by atoms with Gasteiger partial charge in [-0.25, -0.2) is 9.78 Å². The van der Waals surface area contributed by atoms with Gasteiger partial charge in [-0.3, -0.25) is 9.78 Å². The van der Waals surface area contributed by atoms with Crippen molar-refractivity contribution in [2.75, 3.05) is 11.9 Å². The number of hydrogen-bond donors (Lipinski definition) is 1.